The molecule has 7 nitrogen and oxygen atoms in total. The lowest BCUT2D eigenvalue weighted by atomic mass is 10.1. The largest absolute Gasteiger partial charge is 0.460 e. The van der Waals surface area contributed by atoms with E-state index in [1.54, 1.807) is 0 Å². The van der Waals surface area contributed by atoms with Crippen molar-refractivity contribution in [3.8, 4) is 0 Å². The summed E-state index contributed by atoms with van der Waals surface area (Å²) in [6.07, 6.45) is 0.160. The van der Waals surface area contributed by atoms with Gasteiger partial charge in [-0.1, -0.05) is 30.3 Å². The van der Waals surface area contributed by atoms with Gasteiger partial charge in [0.05, 0.1) is 6.54 Å². The number of carbonyl (C=O) groups excluding carboxylic acids is 3. The minimum absolute atomic E-state index is 0.0227. The van der Waals surface area contributed by atoms with Crippen LogP contribution >= 0.6 is 0 Å². The van der Waals surface area contributed by atoms with Crippen LogP contribution in [0.2, 0.25) is 0 Å². The second kappa shape index (κ2) is 8.70. The number of nitrogens with two attached hydrogens (primary N) is 2. The Hall–Kier alpha value is -2.41. The monoisotopic (exact) mass is 293 g/mol. The van der Waals surface area contributed by atoms with Gasteiger partial charge < -0.3 is 21.5 Å². The number of hydrogen-bond acceptors (Lipinski definition) is 5. The Morgan fingerprint density at radius 1 is 1.19 bits per heavy atom. The van der Waals surface area contributed by atoms with Crippen molar-refractivity contribution in [3.63, 3.8) is 0 Å². The number of rotatable bonds is 8. The number of ether oxygens (including phenoxy) is 1. The standard InChI is InChI=1S/C14H19N3O4/c15-11(6-7-13(19)17-8-12(16)18)14(20)21-9-10-4-2-1-3-5-10/h1-5,11H,6-9,15H2,(H2,16,18)(H,17,19)/t11-/m0/s1. The summed E-state index contributed by atoms with van der Waals surface area (Å²) < 4.78 is 5.05. The van der Waals surface area contributed by atoms with Crippen molar-refractivity contribution in [1.29, 1.82) is 0 Å². The third kappa shape index (κ3) is 7.07. The Labute approximate surface area is 122 Å². The summed E-state index contributed by atoms with van der Waals surface area (Å²) in [7, 11) is 0. The zero-order chi connectivity index (χ0) is 15.7. The van der Waals surface area contributed by atoms with Gasteiger partial charge >= 0.3 is 5.97 Å². The van der Waals surface area contributed by atoms with Gasteiger partial charge in [-0.3, -0.25) is 14.4 Å². The maximum atomic E-state index is 11.6. The molecule has 0 bridgehead atoms. The minimum atomic E-state index is -0.881. The molecule has 0 aliphatic carbocycles. The van der Waals surface area contributed by atoms with Crippen LogP contribution in [0.5, 0.6) is 0 Å². The van der Waals surface area contributed by atoms with Crippen LogP contribution in [0.4, 0.5) is 0 Å². The zero-order valence-corrected chi connectivity index (χ0v) is 11.6. The third-order valence-electron chi connectivity index (χ3n) is 2.67. The van der Waals surface area contributed by atoms with E-state index >= 15 is 0 Å². The molecule has 2 amide bonds. The smallest absolute Gasteiger partial charge is 0.323 e. The first-order valence-corrected chi connectivity index (χ1v) is 6.50. The number of esters is 1. The van der Waals surface area contributed by atoms with Crippen molar-refractivity contribution >= 4 is 17.8 Å². The second-order valence-electron chi connectivity index (χ2n) is 4.48. The molecule has 1 rings (SSSR count). The molecule has 0 aliphatic heterocycles. The molecular formula is C14H19N3O4. The molecule has 1 aromatic carbocycles. The van der Waals surface area contributed by atoms with E-state index in [0.717, 1.165) is 5.56 Å². The predicted molar refractivity (Wildman–Crippen MR) is 75.7 cm³/mol. The highest BCUT2D eigenvalue weighted by Crippen LogP contribution is 2.03. The van der Waals surface area contributed by atoms with Crippen molar-refractivity contribution in [2.24, 2.45) is 11.5 Å². The van der Waals surface area contributed by atoms with Crippen molar-refractivity contribution in [2.45, 2.75) is 25.5 Å². The SMILES string of the molecule is NC(=O)CNC(=O)CC[C@H](N)C(=O)OCc1ccccc1. The molecule has 0 saturated heterocycles. The summed E-state index contributed by atoms with van der Waals surface area (Å²) in [5.74, 6) is -1.59. The number of carbonyl (C=O) groups is 3. The summed E-state index contributed by atoms with van der Waals surface area (Å²) in [5, 5.41) is 2.31. The van der Waals surface area contributed by atoms with Crippen LogP contribution in [0.25, 0.3) is 0 Å². The molecule has 0 spiro atoms. The predicted octanol–water partition coefficient (Wildman–Crippen LogP) is -0.561. The maximum Gasteiger partial charge on any atom is 0.323 e. The number of amides is 2. The molecule has 0 heterocycles. The quantitative estimate of drug-likeness (QED) is 0.554. The lowest BCUT2D eigenvalue weighted by Gasteiger charge is -2.11. The van der Waals surface area contributed by atoms with E-state index in [9.17, 15) is 14.4 Å². The average Bonchev–Trinajstić information content (AvgIpc) is 2.49. The maximum absolute atomic E-state index is 11.6. The van der Waals surface area contributed by atoms with Gasteiger partial charge in [0.1, 0.15) is 12.6 Å². The second-order valence-corrected chi connectivity index (χ2v) is 4.48. The lowest BCUT2D eigenvalue weighted by Crippen LogP contribution is -2.36. The summed E-state index contributed by atoms with van der Waals surface area (Å²) in [6, 6.07) is 8.32. The number of benzene rings is 1. The molecule has 5 N–H and O–H groups in total. The summed E-state index contributed by atoms with van der Waals surface area (Å²) >= 11 is 0. The molecule has 1 aromatic rings. The van der Waals surface area contributed by atoms with E-state index in [2.05, 4.69) is 5.32 Å². The molecule has 1 atom stereocenters. The first-order chi connectivity index (χ1) is 9.99. The van der Waals surface area contributed by atoms with Crippen LogP contribution in [-0.2, 0) is 25.7 Å². The molecule has 114 valence electrons. The Morgan fingerprint density at radius 2 is 1.86 bits per heavy atom. The molecule has 0 unspecified atom stereocenters. The molecule has 0 aliphatic rings. The van der Waals surface area contributed by atoms with Crippen molar-refractivity contribution in [3.05, 3.63) is 35.9 Å². The molecule has 0 fully saturated rings. The topological polar surface area (TPSA) is 125 Å². The van der Waals surface area contributed by atoms with Gasteiger partial charge in [0.25, 0.3) is 0 Å². The number of nitrogens with one attached hydrogen (secondary N) is 1. The van der Waals surface area contributed by atoms with Gasteiger partial charge in [0.15, 0.2) is 0 Å². The van der Waals surface area contributed by atoms with E-state index in [0.29, 0.717) is 0 Å². The molecule has 0 saturated carbocycles. The van der Waals surface area contributed by atoms with Gasteiger partial charge in [-0.15, -0.1) is 0 Å². The fourth-order valence-corrected chi connectivity index (χ4v) is 1.51. The fraction of sp³-hybridized carbons (Fsp3) is 0.357. The van der Waals surface area contributed by atoms with E-state index in [1.165, 1.54) is 0 Å². The van der Waals surface area contributed by atoms with Crippen LogP contribution in [-0.4, -0.2) is 30.4 Å². The molecular weight excluding hydrogens is 274 g/mol. The molecule has 21 heavy (non-hydrogen) atoms. The lowest BCUT2D eigenvalue weighted by molar-refractivity contribution is -0.146. The zero-order valence-electron chi connectivity index (χ0n) is 11.6. The molecule has 0 radical (unpaired) electrons. The average molecular weight is 293 g/mol. The van der Waals surface area contributed by atoms with Crippen LogP contribution < -0.4 is 16.8 Å². The fourth-order valence-electron chi connectivity index (χ4n) is 1.51. The Bertz CT molecular complexity index is 490. The normalized spacial score (nSPS) is 11.5. The Morgan fingerprint density at radius 3 is 2.48 bits per heavy atom. The van der Waals surface area contributed by atoms with E-state index < -0.39 is 17.9 Å². The molecule has 7 heteroatoms. The number of primary amides is 1. The van der Waals surface area contributed by atoms with Gasteiger partial charge in [0.2, 0.25) is 11.8 Å². The van der Waals surface area contributed by atoms with Gasteiger partial charge in [0, 0.05) is 6.42 Å². The summed E-state index contributed by atoms with van der Waals surface area (Å²) in [4.78, 5) is 33.4. The summed E-state index contributed by atoms with van der Waals surface area (Å²) in [5.41, 5.74) is 11.4. The van der Waals surface area contributed by atoms with Crippen molar-refractivity contribution in [1.82, 2.24) is 5.32 Å². The highest BCUT2D eigenvalue weighted by molar-refractivity contribution is 5.84. The van der Waals surface area contributed by atoms with Crippen molar-refractivity contribution in [2.75, 3.05) is 6.54 Å². The van der Waals surface area contributed by atoms with Gasteiger partial charge in [-0.25, -0.2) is 0 Å². The first kappa shape index (κ1) is 16.6. The van der Waals surface area contributed by atoms with Crippen molar-refractivity contribution < 1.29 is 19.1 Å². The molecule has 0 aromatic heterocycles. The highest BCUT2D eigenvalue weighted by atomic mass is 16.5. The van der Waals surface area contributed by atoms with Gasteiger partial charge in [-0.2, -0.15) is 0 Å². The Balaban J connectivity index is 2.25. The van der Waals surface area contributed by atoms with Gasteiger partial charge in [-0.05, 0) is 12.0 Å². The van der Waals surface area contributed by atoms with E-state index in [4.69, 9.17) is 16.2 Å². The van der Waals surface area contributed by atoms with E-state index in [-0.39, 0.29) is 31.9 Å². The first-order valence-electron chi connectivity index (χ1n) is 6.50. The van der Waals surface area contributed by atoms with Crippen LogP contribution in [0.3, 0.4) is 0 Å². The minimum Gasteiger partial charge on any atom is -0.460 e. The number of hydrogen-bond donors (Lipinski definition) is 3. The summed E-state index contributed by atoms with van der Waals surface area (Å²) in [6.45, 7) is -0.0895. The highest BCUT2D eigenvalue weighted by Gasteiger charge is 2.16. The third-order valence-corrected chi connectivity index (χ3v) is 2.67. The Kier molecular flexibility index (Phi) is 6.90. The van der Waals surface area contributed by atoms with Crippen LogP contribution in [0.15, 0.2) is 30.3 Å². The van der Waals surface area contributed by atoms with Crippen LogP contribution in [0, 0.1) is 0 Å². The van der Waals surface area contributed by atoms with E-state index in [1.807, 2.05) is 30.3 Å². The van der Waals surface area contributed by atoms with Crippen LogP contribution in [0.1, 0.15) is 18.4 Å².